The molecule has 8 heteroatoms. The summed E-state index contributed by atoms with van der Waals surface area (Å²) < 4.78 is 5.39. The van der Waals surface area contributed by atoms with Crippen LogP contribution in [0.4, 0.5) is 0 Å². The molecule has 140 valence electrons. The molecular formula is C17H28N4O4. The second kappa shape index (κ2) is 7.51. The third kappa shape index (κ3) is 5.26. The quantitative estimate of drug-likeness (QED) is 0.664. The van der Waals surface area contributed by atoms with E-state index in [1.54, 1.807) is 13.8 Å². The number of quaternary nitrogens is 1. The maximum atomic E-state index is 12.3. The van der Waals surface area contributed by atoms with E-state index in [-0.39, 0.29) is 36.8 Å². The first-order valence-corrected chi connectivity index (χ1v) is 8.72. The fourth-order valence-electron chi connectivity index (χ4n) is 3.31. The van der Waals surface area contributed by atoms with Crippen molar-refractivity contribution in [1.29, 1.82) is 0 Å². The van der Waals surface area contributed by atoms with Gasteiger partial charge in [-0.2, -0.15) is 4.98 Å². The van der Waals surface area contributed by atoms with Crippen LogP contribution in [0, 0.1) is 5.41 Å². The van der Waals surface area contributed by atoms with E-state index >= 15 is 0 Å². The zero-order valence-corrected chi connectivity index (χ0v) is 15.6. The molecule has 1 aromatic rings. The smallest absolute Gasteiger partial charge is 0.285 e. The molecule has 1 fully saturated rings. The fraction of sp³-hybridized carbons (Fsp3) is 0.765. The summed E-state index contributed by atoms with van der Waals surface area (Å²) in [7, 11) is 2.04. The van der Waals surface area contributed by atoms with E-state index in [1.807, 2.05) is 20.9 Å². The molecule has 0 aromatic carbocycles. The van der Waals surface area contributed by atoms with E-state index in [4.69, 9.17) is 4.52 Å². The van der Waals surface area contributed by atoms with Gasteiger partial charge in [0, 0.05) is 24.7 Å². The molecule has 1 aliphatic rings. The van der Waals surface area contributed by atoms with Crippen molar-refractivity contribution >= 4 is 11.9 Å². The normalized spacial score (nSPS) is 23.8. The zero-order chi connectivity index (χ0) is 18.8. The molecule has 0 saturated carbocycles. The van der Waals surface area contributed by atoms with Gasteiger partial charge in [-0.1, -0.05) is 32.9 Å². The van der Waals surface area contributed by atoms with Crippen LogP contribution < -0.4 is 15.3 Å². The highest BCUT2D eigenvalue weighted by Crippen LogP contribution is 2.25. The lowest BCUT2D eigenvalue weighted by molar-refractivity contribution is -0.900. The molecular weight excluding hydrogens is 324 g/mol. The van der Waals surface area contributed by atoms with E-state index in [2.05, 4.69) is 15.5 Å². The molecule has 25 heavy (non-hydrogen) atoms. The van der Waals surface area contributed by atoms with Crippen LogP contribution in [0.25, 0.3) is 0 Å². The van der Waals surface area contributed by atoms with Crippen LogP contribution in [0.1, 0.15) is 70.6 Å². The predicted octanol–water partition coefficient (Wildman–Crippen LogP) is -0.806. The summed E-state index contributed by atoms with van der Waals surface area (Å²) in [5.41, 5.74) is -0.627. The number of carboxylic acids is 1. The fourth-order valence-corrected chi connectivity index (χ4v) is 3.31. The van der Waals surface area contributed by atoms with Crippen LogP contribution in [0.2, 0.25) is 0 Å². The summed E-state index contributed by atoms with van der Waals surface area (Å²) >= 11 is 0. The van der Waals surface area contributed by atoms with Crippen LogP contribution in [-0.2, 0) is 9.59 Å². The molecule has 0 aliphatic carbocycles. The molecule has 2 N–H and O–H groups in total. The average molecular weight is 352 g/mol. The summed E-state index contributed by atoms with van der Waals surface area (Å²) in [6, 6.07) is 0.0622. The van der Waals surface area contributed by atoms with Crippen LogP contribution in [-0.4, -0.2) is 41.7 Å². The van der Waals surface area contributed by atoms with Gasteiger partial charge in [0.2, 0.25) is 5.91 Å². The predicted molar refractivity (Wildman–Crippen MR) is 87.5 cm³/mol. The lowest BCUT2D eigenvalue weighted by atomic mass is 9.85. The molecule has 3 atom stereocenters. The number of hydrogen-bond donors (Lipinski definition) is 2. The number of amides is 1. The standard InChI is InChI=1S/C17H28N4O4/c1-10(2)15-19-16(25-20-15)12-6-11(9-21(12)5)18-13(22)7-17(3,4)8-14(23)24/h10-12H,6-9H2,1-5H3,(H,18,22)(H,23,24)/t11-,12-/m0/s1. The van der Waals surface area contributed by atoms with Crippen molar-refractivity contribution in [2.24, 2.45) is 5.41 Å². The molecule has 0 spiro atoms. The Balaban J connectivity index is 1.92. The Morgan fingerprint density at radius 1 is 1.40 bits per heavy atom. The number of carbonyl (C=O) groups is 2. The number of nitrogens with zero attached hydrogens (tertiary/aromatic N) is 2. The largest absolute Gasteiger partial charge is 0.550 e. The first-order valence-electron chi connectivity index (χ1n) is 8.72. The van der Waals surface area contributed by atoms with Gasteiger partial charge in [0.25, 0.3) is 5.89 Å². The second-order valence-corrected chi connectivity index (χ2v) is 8.14. The Labute approximate surface area is 148 Å². The summed E-state index contributed by atoms with van der Waals surface area (Å²) in [5.74, 6) is 0.230. The number of nitrogens with one attached hydrogen (secondary N) is 2. The first kappa shape index (κ1) is 19.4. The number of aromatic nitrogens is 2. The second-order valence-electron chi connectivity index (χ2n) is 8.14. The van der Waals surface area contributed by atoms with Gasteiger partial charge in [-0.05, 0) is 11.8 Å². The maximum absolute atomic E-state index is 12.3. The van der Waals surface area contributed by atoms with Crippen molar-refractivity contribution in [3.05, 3.63) is 11.7 Å². The third-order valence-electron chi connectivity index (χ3n) is 4.58. The van der Waals surface area contributed by atoms with Gasteiger partial charge in [0.05, 0.1) is 19.6 Å². The molecule has 2 heterocycles. The highest BCUT2D eigenvalue weighted by molar-refractivity contribution is 5.78. The third-order valence-corrected chi connectivity index (χ3v) is 4.58. The van der Waals surface area contributed by atoms with Crippen LogP contribution >= 0.6 is 0 Å². The molecule has 0 radical (unpaired) electrons. The van der Waals surface area contributed by atoms with Crippen LogP contribution in [0.3, 0.4) is 0 Å². The highest BCUT2D eigenvalue weighted by atomic mass is 16.5. The van der Waals surface area contributed by atoms with Crippen molar-refractivity contribution in [3.63, 3.8) is 0 Å². The van der Waals surface area contributed by atoms with E-state index in [0.717, 1.165) is 13.0 Å². The molecule has 1 unspecified atom stereocenters. The number of likely N-dealkylation sites (N-methyl/N-ethyl adjacent to an activating group) is 1. The van der Waals surface area contributed by atoms with Gasteiger partial charge < -0.3 is 24.6 Å². The summed E-state index contributed by atoms with van der Waals surface area (Å²) in [6.07, 6.45) is 0.732. The van der Waals surface area contributed by atoms with Crippen LogP contribution in [0.5, 0.6) is 0 Å². The topological polar surface area (TPSA) is 113 Å². The molecule has 2 rings (SSSR count). The number of carbonyl (C=O) groups excluding carboxylic acids is 2. The maximum Gasteiger partial charge on any atom is 0.285 e. The van der Waals surface area contributed by atoms with Gasteiger partial charge in [0.1, 0.15) is 0 Å². The SMILES string of the molecule is CC(C)c1noc([C@@H]2C[C@H](NC(=O)CC(C)(C)CC(=O)[O-])C[NH+]2C)n1. The number of likely N-dealkylation sites (tertiary alicyclic amines) is 1. The van der Waals surface area contributed by atoms with Crippen molar-refractivity contribution in [2.45, 2.75) is 65.0 Å². The van der Waals surface area contributed by atoms with Crippen molar-refractivity contribution in [3.8, 4) is 0 Å². The van der Waals surface area contributed by atoms with E-state index in [0.29, 0.717) is 11.7 Å². The first-order chi connectivity index (χ1) is 11.6. The highest BCUT2D eigenvalue weighted by Gasteiger charge is 2.39. The number of carboxylic acid groups (broad SMARTS) is 1. The number of rotatable bonds is 7. The van der Waals surface area contributed by atoms with E-state index < -0.39 is 11.4 Å². The lowest BCUT2D eigenvalue weighted by Gasteiger charge is -2.24. The summed E-state index contributed by atoms with van der Waals surface area (Å²) in [5, 5.41) is 17.8. The Morgan fingerprint density at radius 2 is 2.08 bits per heavy atom. The van der Waals surface area contributed by atoms with Gasteiger partial charge in [-0.25, -0.2) is 0 Å². The molecule has 1 aliphatic heterocycles. The molecule has 8 nitrogen and oxygen atoms in total. The molecule has 1 amide bonds. The monoisotopic (exact) mass is 352 g/mol. The minimum Gasteiger partial charge on any atom is -0.550 e. The molecule has 1 aromatic heterocycles. The van der Waals surface area contributed by atoms with Crippen molar-refractivity contribution in [1.82, 2.24) is 15.5 Å². The minimum absolute atomic E-state index is 0.00523. The zero-order valence-electron chi connectivity index (χ0n) is 15.6. The molecule has 0 bridgehead atoms. The van der Waals surface area contributed by atoms with Crippen molar-refractivity contribution < 1.29 is 24.1 Å². The number of aliphatic carboxylic acids is 1. The van der Waals surface area contributed by atoms with Gasteiger partial charge >= 0.3 is 0 Å². The van der Waals surface area contributed by atoms with Crippen LogP contribution in [0.15, 0.2) is 4.52 Å². The Bertz CT molecular complexity index is 626. The van der Waals surface area contributed by atoms with Crippen molar-refractivity contribution in [2.75, 3.05) is 13.6 Å². The van der Waals surface area contributed by atoms with E-state index in [1.165, 1.54) is 4.90 Å². The molecule has 1 saturated heterocycles. The Kier molecular flexibility index (Phi) is 5.82. The summed E-state index contributed by atoms with van der Waals surface area (Å²) in [4.78, 5) is 28.7. The van der Waals surface area contributed by atoms with E-state index in [9.17, 15) is 14.7 Å². The van der Waals surface area contributed by atoms with Gasteiger partial charge in [-0.15, -0.1) is 0 Å². The van der Waals surface area contributed by atoms with Gasteiger partial charge in [0.15, 0.2) is 11.9 Å². The number of hydrogen-bond acceptors (Lipinski definition) is 6. The van der Waals surface area contributed by atoms with Gasteiger partial charge in [-0.3, -0.25) is 4.79 Å². The summed E-state index contributed by atoms with van der Waals surface area (Å²) in [6.45, 7) is 8.29. The Morgan fingerprint density at radius 3 is 2.64 bits per heavy atom. The lowest BCUT2D eigenvalue weighted by Crippen LogP contribution is -3.07. The minimum atomic E-state index is -1.14. The Hall–Kier alpha value is -1.96. The average Bonchev–Trinajstić information content (AvgIpc) is 3.02.